The van der Waals surface area contributed by atoms with Gasteiger partial charge >= 0.3 is 0 Å². The molecule has 0 fully saturated rings. The van der Waals surface area contributed by atoms with Gasteiger partial charge in [0.25, 0.3) is 5.91 Å². The Bertz CT molecular complexity index is 1550. The van der Waals surface area contributed by atoms with Gasteiger partial charge in [-0.05, 0) is 41.8 Å². The zero-order valence-electron chi connectivity index (χ0n) is 22.2. The molecule has 40 heavy (non-hydrogen) atoms. The van der Waals surface area contributed by atoms with Gasteiger partial charge in [-0.1, -0.05) is 66.4 Å². The molecule has 0 spiro atoms. The largest absolute Gasteiger partial charge is 0.493 e. The summed E-state index contributed by atoms with van der Waals surface area (Å²) < 4.78 is 18.3. The third-order valence-electron chi connectivity index (χ3n) is 6.18. The van der Waals surface area contributed by atoms with Gasteiger partial charge in [0.1, 0.15) is 12.1 Å². The molecule has 10 heteroatoms. The molecule has 2 heterocycles. The number of benzene rings is 3. The van der Waals surface area contributed by atoms with Crippen molar-refractivity contribution in [1.82, 2.24) is 25.1 Å². The van der Waals surface area contributed by atoms with Crippen LogP contribution in [-0.4, -0.2) is 46.4 Å². The van der Waals surface area contributed by atoms with E-state index in [9.17, 15) is 4.79 Å². The third kappa shape index (κ3) is 6.52. The van der Waals surface area contributed by atoms with E-state index in [0.717, 1.165) is 27.8 Å². The van der Waals surface area contributed by atoms with Crippen molar-refractivity contribution >= 4 is 17.7 Å². The van der Waals surface area contributed by atoms with E-state index < -0.39 is 0 Å². The van der Waals surface area contributed by atoms with E-state index >= 15 is 0 Å². The Morgan fingerprint density at radius 3 is 2.42 bits per heavy atom. The molecular weight excluding hydrogens is 526 g/mol. The minimum Gasteiger partial charge on any atom is -0.493 e. The number of nitrogens with zero attached hydrogens (tertiary/aromatic N) is 4. The van der Waals surface area contributed by atoms with Crippen LogP contribution >= 0.6 is 11.8 Å². The minimum atomic E-state index is -0.293. The number of carbonyl (C=O) groups excluding carboxylic acids is 1. The lowest BCUT2D eigenvalue weighted by molar-refractivity contribution is 0.0949. The highest BCUT2D eigenvalue weighted by atomic mass is 32.2. The first-order chi connectivity index (χ1) is 19.6. The van der Waals surface area contributed by atoms with Crippen molar-refractivity contribution < 1.29 is 18.7 Å². The minimum absolute atomic E-state index is 0.234. The van der Waals surface area contributed by atoms with Crippen LogP contribution in [0, 0.1) is 0 Å². The van der Waals surface area contributed by atoms with Crippen LogP contribution in [0.5, 0.6) is 11.5 Å². The number of nitrogens with one attached hydrogen (secondary N) is 1. The highest BCUT2D eigenvalue weighted by Crippen LogP contribution is 2.28. The molecule has 5 rings (SSSR count). The Morgan fingerprint density at radius 2 is 1.68 bits per heavy atom. The topological polar surface area (TPSA) is 104 Å². The highest BCUT2D eigenvalue weighted by molar-refractivity contribution is 7.98. The quantitative estimate of drug-likeness (QED) is 0.211. The SMILES string of the molecule is COc1ccc(CCNC(=O)c2coc(CSc3nnc(Cc4ccccc4)n3-c3ccccc3)n2)cc1OC. The molecule has 0 aliphatic heterocycles. The summed E-state index contributed by atoms with van der Waals surface area (Å²) in [5.74, 6) is 2.69. The van der Waals surface area contributed by atoms with Crippen molar-refractivity contribution in [2.45, 2.75) is 23.8 Å². The molecule has 0 saturated carbocycles. The van der Waals surface area contributed by atoms with Gasteiger partial charge in [-0.25, -0.2) is 4.98 Å². The number of methoxy groups -OCH3 is 2. The van der Waals surface area contributed by atoms with Crippen molar-refractivity contribution in [2.24, 2.45) is 0 Å². The number of hydrogen-bond acceptors (Lipinski definition) is 8. The number of rotatable bonds is 12. The first-order valence-corrected chi connectivity index (χ1v) is 13.7. The Labute approximate surface area is 236 Å². The fourth-order valence-electron chi connectivity index (χ4n) is 4.18. The summed E-state index contributed by atoms with van der Waals surface area (Å²) in [6.07, 6.45) is 2.66. The molecule has 0 bridgehead atoms. The Balaban J connectivity index is 1.21. The maximum absolute atomic E-state index is 12.7. The Hall–Kier alpha value is -4.57. The van der Waals surface area contributed by atoms with E-state index in [1.165, 1.54) is 18.0 Å². The van der Waals surface area contributed by atoms with E-state index in [1.54, 1.807) is 14.2 Å². The van der Waals surface area contributed by atoms with Crippen LogP contribution in [0.25, 0.3) is 5.69 Å². The lowest BCUT2D eigenvalue weighted by Crippen LogP contribution is -2.26. The van der Waals surface area contributed by atoms with Crippen LogP contribution in [0.1, 0.15) is 33.3 Å². The summed E-state index contributed by atoms with van der Waals surface area (Å²) in [4.78, 5) is 17.0. The molecule has 204 valence electrons. The van der Waals surface area contributed by atoms with Crippen molar-refractivity contribution in [3.05, 3.63) is 114 Å². The van der Waals surface area contributed by atoms with E-state index in [1.807, 2.05) is 71.3 Å². The summed E-state index contributed by atoms with van der Waals surface area (Å²) in [6, 6.07) is 25.9. The molecule has 0 saturated heterocycles. The van der Waals surface area contributed by atoms with E-state index in [0.29, 0.717) is 42.5 Å². The zero-order chi connectivity index (χ0) is 27.7. The first kappa shape index (κ1) is 27.0. The smallest absolute Gasteiger partial charge is 0.273 e. The van der Waals surface area contributed by atoms with Crippen LogP contribution in [-0.2, 0) is 18.6 Å². The molecule has 0 unspecified atom stereocenters. The maximum atomic E-state index is 12.7. The Kier molecular flexibility index (Phi) is 8.77. The zero-order valence-corrected chi connectivity index (χ0v) is 23.1. The van der Waals surface area contributed by atoms with Crippen molar-refractivity contribution in [1.29, 1.82) is 0 Å². The fraction of sp³-hybridized carbons (Fsp3) is 0.200. The number of carbonyl (C=O) groups is 1. The van der Waals surface area contributed by atoms with Gasteiger partial charge in [0.05, 0.1) is 20.0 Å². The fourth-order valence-corrected chi connectivity index (χ4v) is 5.00. The molecule has 2 aromatic heterocycles. The van der Waals surface area contributed by atoms with Crippen LogP contribution in [0.3, 0.4) is 0 Å². The Morgan fingerprint density at radius 1 is 0.925 bits per heavy atom. The summed E-state index contributed by atoms with van der Waals surface area (Å²) in [5, 5.41) is 12.5. The van der Waals surface area contributed by atoms with Gasteiger partial charge < -0.3 is 19.2 Å². The second kappa shape index (κ2) is 13.0. The van der Waals surface area contributed by atoms with Gasteiger partial charge in [0.15, 0.2) is 22.3 Å². The summed E-state index contributed by atoms with van der Waals surface area (Å²) in [5.41, 5.74) is 3.38. The van der Waals surface area contributed by atoms with Gasteiger partial charge in [0, 0.05) is 18.7 Å². The van der Waals surface area contributed by atoms with Crippen LogP contribution in [0.2, 0.25) is 0 Å². The number of para-hydroxylation sites is 1. The van der Waals surface area contributed by atoms with Gasteiger partial charge in [-0.2, -0.15) is 0 Å². The standard InChI is InChI=1S/C30H29N5O4S/c1-37-25-14-13-22(17-26(25)38-2)15-16-31-29(36)24-19-39-28(32-24)20-40-30-34-33-27(18-21-9-5-3-6-10-21)35(30)23-11-7-4-8-12-23/h3-14,17,19H,15-16,18,20H2,1-2H3,(H,31,36). The van der Waals surface area contributed by atoms with Gasteiger partial charge in [-0.3, -0.25) is 9.36 Å². The second-order valence-electron chi connectivity index (χ2n) is 8.84. The molecule has 3 aromatic carbocycles. The second-order valence-corrected chi connectivity index (χ2v) is 9.79. The van der Waals surface area contributed by atoms with E-state index in [-0.39, 0.29) is 11.6 Å². The van der Waals surface area contributed by atoms with Crippen LogP contribution in [0.15, 0.2) is 94.7 Å². The summed E-state index contributed by atoms with van der Waals surface area (Å²) >= 11 is 1.45. The third-order valence-corrected chi connectivity index (χ3v) is 7.09. The monoisotopic (exact) mass is 555 g/mol. The molecule has 0 aliphatic carbocycles. The predicted molar refractivity (Wildman–Crippen MR) is 152 cm³/mol. The molecular formula is C30H29N5O4S. The van der Waals surface area contributed by atoms with Crippen molar-refractivity contribution in [3.8, 4) is 17.2 Å². The molecule has 0 atom stereocenters. The van der Waals surface area contributed by atoms with E-state index in [2.05, 4.69) is 32.6 Å². The molecule has 0 radical (unpaired) electrons. The lowest BCUT2D eigenvalue weighted by atomic mass is 10.1. The number of hydrogen-bond donors (Lipinski definition) is 1. The van der Waals surface area contributed by atoms with E-state index in [4.69, 9.17) is 13.9 Å². The number of oxazole rings is 1. The first-order valence-electron chi connectivity index (χ1n) is 12.7. The number of aromatic nitrogens is 4. The molecule has 1 amide bonds. The van der Waals surface area contributed by atoms with Crippen molar-refractivity contribution in [3.63, 3.8) is 0 Å². The summed E-state index contributed by atoms with van der Waals surface area (Å²) in [7, 11) is 3.19. The number of thioether (sulfide) groups is 1. The number of ether oxygens (including phenoxy) is 2. The normalized spacial score (nSPS) is 10.8. The van der Waals surface area contributed by atoms with Crippen molar-refractivity contribution in [2.75, 3.05) is 20.8 Å². The molecule has 0 aliphatic rings. The predicted octanol–water partition coefficient (Wildman–Crippen LogP) is 5.13. The highest BCUT2D eigenvalue weighted by Gasteiger charge is 2.17. The molecule has 1 N–H and O–H groups in total. The summed E-state index contributed by atoms with van der Waals surface area (Å²) in [6.45, 7) is 0.440. The van der Waals surface area contributed by atoms with Gasteiger partial charge in [-0.15, -0.1) is 10.2 Å². The molecule has 5 aromatic rings. The number of amides is 1. The van der Waals surface area contributed by atoms with Crippen LogP contribution < -0.4 is 14.8 Å². The maximum Gasteiger partial charge on any atom is 0.273 e. The van der Waals surface area contributed by atoms with Crippen LogP contribution in [0.4, 0.5) is 0 Å². The molecule has 9 nitrogen and oxygen atoms in total. The lowest BCUT2D eigenvalue weighted by Gasteiger charge is -2.10. The average Bonchev–Trinajstić information content (AvgIpc) is 3.64. The average molecular weight is 556 g/mol. The van der Waals surface area contributed by atoms with Gasteiger partial charge in [0.2, 0.25) is 5.89 Å².